The highest BCUT2D eigenvalue weighted by Gasteiger charge is 2.60. The van der Waals surface area contributed by atoms with Crippen LogP contribution < -0.4 is 10.9 Å². The summed E-state index contributed by atoms with van der Waals surface area (Å²) in [6.45, 7) is 4.97. The predicted octanol–water partition coefficient (Wildman–Crippen LogP) is 7.39. The summed E-state index contributed by atoms with van der Waals surface area (Å²) in [5.41, 5.74) is 0.990. The third kappa shape index (κ3) is 4.54. The molecule has 4 bridgehead atoms. The first-order chi connectivity index (χ1) is 17.8. The van der Waals surface area contributed by atoms with Crippen LogP contribution >= 0.6 is 0 Å². The number of amides is 1. The fraction of sp³-hybridized carbons (Fsp3) is 0.484. The molecule has 0 aliphatic heterocycles. The molecule has 7 heteroatoms. The molecule has 2 aromatic carbocycles. The van der Waals surface area contributed by atoms with Crippen LogP contribution in [0, 0.1) is 22.2 Å². The van der Waals surface area contributed by atoms with Crippen molar-refractivity contribution in [2.45, 2.75) is 71.5 Å². The maximum absolute atomic E-state index is 13.4. The summed E-state index contributed by atoms with van der Waals surface area (Å²) < 4.78 is 40.1. The number of pyridine rings is 1. The molecule has 4 aliphatic carbocycles. The standard InChI is InChI=1S/C31H33F3N2O2/c1-28-12-21-13-29(2,17-28)19-30(14-21,18-28)15-26(37)35-25-5-3-4-24-23(25)10-11-36(27(24)38)16-20-6-8-22(9-7-20)31(32,33)34/h3-11,21H,12-19H2,1-2H3,(H,35,37). The Morgan fingerprint density at radius 2 is 1.63 bits per heavy atom. The number of fused-ring (bicyclic) bond motifs is 1. The number of carbonyl (C=O) groups is 1. The van der Waals surface area contributed by atoms with Crippen molar-refractivity contribution in [3.8, 4) is 0 Å². The van der Waals surface area contributed by atoms with Crippen LogP contribution in [0.2, 0.25) is 0 Å². The van der Waals surface area contributed by atoms with Crippen LogP contribution in [0.25, 0.3) is 10.8 Å². The molecule has 1 N–H and O–H groups in total. The second-order valence-corrected chi connectivity index (χ2v) is 13.1. The summed E-state index contributed by atoms with van der Waals surface area (Å²) in [7, 11) is 0. The van der Waals surface area contributed by atoms with Gasteiger partial charge in [-0.2, -0.15) is 13.2 Å². The van der Waals surface area contributed by atoms with Gasteiger partial charge in [-0.15, -0.1) is 0 Å². The van der Waals surface area contributed by atoms with Crippen molar-refractivity contribution in [1.82, 2.24) is 4.57 Å². The molecule has 4 aliphatic rings. The zero-order valence-electron chi connectivity index (χ0n) is 21.8. The van der Waals surface area contributed by atoms with Crippen molar-refractivity contribution in [2.75, 3.05) is 5.32 Å². The Kier molecular flexibility index (Phi) is 5.61. The molecule has 1 heterocycles. The van der Waals surface area contributed by atoms with Crippen LogP contribution in [0.15, 0.2) is 59.5 Å². The molecule has 4 saturated carbocycles. The maximum Gasteiger partial charge on any atom is 0.416 e. The third-order valence-electron chi connectivity index (χ3n) is 9.20. The second-order valence-electron chi connectivity index (χ2n) is 13.1. The Hall–Kier alpha value is -3.09. The Morgan fingerprint density at radius 3 is 2.26 bits per heavy atom. The first kappa shape index (κ1) is 25.2. The van der Waals surface area contributed by atoms with Gasteiger partial charge in [-0.3, -0.25) is 9.59 Å². The van der Waals surface area contributed by atoms with Crippen molar-refractivity contribution in [3.05, 3.63) is 76.2 Å². The molecule has 3 aromatic rings. The van der Waals surface area contributed by atoms with E-state index in [4.69, 9.17) is 0 Å². The van der Waals surface area contributed by atoms with Crippen LogP contribution in [-0.2, 0) is 17.5 Å². The van der Waals surface area contributed by atoms with Gasteiger partial charge in [0.05, 0.1) is 12.1 Å². The topological polar surface area (TPSA) is 51.1 Å². The van der Waals surface area contributed by atoms with E-state index in [1.165, 1.54) is 36.0 Å². The van der Waals surface area contributed by atoms with Crippen molar-refractivity contribution in [3.63, 3.8) is 0 Å². The molecular weight excluding hydrogens is 489 g/mol. The van der Waals surface area contributed by atoms with E-state index in [9.17, 15) is 22.8 Å². The fourth-order valence-corrected chi connectivity index (χ4v) is 8.96. The Bertz CT molecular complexity index is 1460. The van der Waals surface area contributed by atoms with Gasteiger partial charge in [0.25, 0.3) is 5.56 Å². The number of aromatic nitrogens is 1. The van der Waals surface area contributed by atoms with E-state index in [2.05, 4.69) is 19.2 Å². The van der Waals surface area contributed by atoms with E-state index < -0.39 is 11.7 Å². The number of hydrogen-bond donors (Lipinski definition) is 1. The molecule has 1 aromatic heterocycles. The number of benzene rings is 2. The van der Waals surface area contributed by atoms with Crippen molar-refractivity contribution >= 4 is 22.4 Å². The monoisotopic (exact) mass is 522 g/mol. The predicted molar refractivity (Wildman–Crippen MR) is 142 cm³/mol. The summed E-state index contributed by atoms with van der Waals surface area (Å²) in [6, 6.07) is 11.9. The molecule has 0 saturated heterocycles. The fourth-order valence-electron chi connectivity index (χ4n) is 8.96. The van der Waals surface area contributed by atoms with Crippen LogP contribution in [-0.4, -0.2) is 10.5 Å². The summed E-state index contributed by atoms with van der Waals surface area (Å²) in [5, 5.41) is 4.24. The highest BCUT2D eigenvalue weighted by Crippen LogP contribution is 2.70. The zero-order valence-corrected chi connectivity index (χ0v) is 21.8. The van der Waals surface area contributed by atoms with E-state index in [-0.39, 0.29) is 23.4 Å². The number of alkyl halides is 3. The molecule has 1 amide bonds. The zero-order chi connectivity index (χ0) is 26.9. The average molecular weight is 523 g/mol. The Balaban J connectivity index is 1.21. The molecule has 0 spiro atoms. The number of nitrogens with one attached hydrogen (secondary N) is 1. The minimum Gasteiger partial charge on any atom is -0.325 e. The van der Waals surface area contributed by atoms with Gasteiger partial charge < -0.3 is 9.88 Å². The normalized spacial score (nSPS) is 30.1. The summed E-state index contributed by atoms with van der Waals surface area (Å²) >= 11 is 0. The molecule has 4 fully saturated rings. The number of halogens is 3. The largest absolute Gasteiger partial charge is 0.416 e. The number of carbonyl (C=O) groups excluding carboxylic acids is 1. The van der Waals surface area contributed by atoms with Gasteiger partial charge in [0, 0.05) is 29.1 Å². The Labute approximate surface area is 220 Å². The van der Waals surface area contributed by atoms with Crippen LogP contribution in [0.3, 0.4) is 0 Å². The molecule has 2 atom stereocenters. The van der Waals surface area contributed by atoms with Crippen molar-refractivity contribution in [1.29, 1.82) is 0 Å². The Morgan fingerprint density at radius 1 is 0.947 bits per heavy atom. The van der Waals surface area contributed by atoms with Crippen LogP contribution in [0.5, 0.6) is 0 Å². The van der Waals surface area contributed by atoms with Crippen molar-refractivity contribution in [2.24, 2.45) is 22.2 Å². The van der Waals surface area contributed by atoms with Gasteiger partial charge in [0.1, 0.15) is 0 Å². The lowest BCUT2D eigenvalue weighted by Gasteiger charge is -2.65. The highest BCUT2D eigenvalue weighted by molar-refractivity contribution is 6.02. The van der Waals surface area contributed by atoms with E-state index >= 15 is 0 Å². The van der Waals surface area contributed by atoms with E-state index in [0.29, 0.717) is 39.3 Å². The van der Waals surface area contributed by atoms with E-state index in [1.807, 2.05) is 6.07 Å². The van der Waals surface area contributed by atoms with Gasteiger partial charge in [-0.1, -0.05) is 32.0 Å². The number of anilines is 1. The highest BCUT2D eigenvalue weighted by atomic mass is 19.4. The quantitative estimate of drug-likeness (QED) is 0.380. The molecule has 2 unspecified atom stereocenters. The molecule has 4 nitrogen and oxygen atoms in total. The lowest BCUT2D eigenvalue weighted by atomic mass is 9.40. The molecule has 38 heavy (non-hydrogen) atoms. The average Bonchev–Trinajstić information content (AvgIpc) is 2.78. The summed E-state index contributed by atoms with van der Waals surface area (Å²) in [4.78, 5) is 26.6. The van der Waals surface area contributed by atoms with Gasteiger partial charge in [-0.05, 0) is 96.6 Å². The second kappa shape index (κ2) is 8.45. The number of nitrogens with zero attached hydrogens (tertiary/aromatic N) is 1. The number of rotatable bonds is 5. The van der Waals surface area contributed by atoms with Crippen LogP contribution in [0.4, 0.5) is 18.9 Å². The minimum absolute atomic E-state index is 0.000540. The van der Waals surface area contributed by atoms with Gasteiger partial charge >= 0.3 is 6.18 Å². The smallest absolute Gasteiger partial charge is 0.325 e. The third-order valence-corrected chi connectivity index (χ3v) is 9.20. The van der Waals surface area contributed by atoms with Gasteiger partial charge in [0.2, 0.25) is 5.91 Å². The SMILES string of the molecule is CC12CC3CC(C)(C1)CC(CC(=O)Nc1cccc4c(=O)n(Cc5ccc(C(F)(F)F)cc5)ccc14)(C3)C2. The van der Waals surface area contributed by atoms with Gasteiger partial charge in [0.15, 0.2) is 0 Å². The molecule has 7 rings (SSSR count). The molecule has 0 radical (unpaired) electrons. The van der Waals surface area contributed by atoms with Gasteiger partial charge in [-0.25, -0.2) is 0 Å². The number of hydrogen-bond acceptors (Lipinski definition) is 2. The molecular formula is C31H33F3N2O2. The lowest BCUT2D eigenvalue weighted by molar-refractivity contribution is -0.153. The molecule has 200 valence electrons. The minimum atomic E-state index is -4.40. The maximum atomic E-state index is 13.4. The van der Waals surface area contributed by atoms with Crippen molar-refractivity contribution < 1.29 is 18.0 Å². The summed E-state index contributed by atoms with van der Waals surface area (Å²) in [5.74, 6) is 0.718. The van der Waals surface area contributed by atoms with Crippen LogP contribution in [0.1, 0.15) is 69.9 Å². The first-order valence-corrected chi connectivity index (χ1v) is 13.4. The van der Waals surface area contributed by atoms with E-state index in [0.717, 1.165) is 37.3 Å². The lowest BCUT2D eigenvalue weighted by Crippen LogP contribution is -2.55. The van der Waals surface area contributed by atoms with E-state index in [1.54, 1.807) is 24.4 Å². The summed E-state index contributed by atoms with van der Waals surface area (Å²) in [6.07, 6.45) is 4.95. The first-order valence-electron chi connectivity index (χ1n) is 13.4.